The Hall–Kier alpha value is 0.196. The molecule has 0 aliphatic rings. The maximum absolute atomic E-state index is 2.34. The molecule has 0 N–H and O–H groups in total. The number of fused-ring (bicyclic) bond motifs is 1. The van der Waals surface area contributed by atoms with Gasteiger partial charge in [-0.25, -0.2) is 0 Å². The number of halogens is 1. The molecule has 2 rings (SSSR count). The van der Waals surface area contributed by atoms with Crippen LogP contribution in [0.15, 0.2) is 42.5 Å². The summed E-state index contributed by atoms with van der Waals surface area (Å²) in [6.45, 7) is 0. The molecule has 0 nitrogen and oxygen atoms in total. The minimum Gasteiger partial charge on any atom is -0.167 e. The van der Waals surface area contributed by atoms with Crippen molar-refractivity contribution in [1.29, 1.82) is 0 Å². The van der Waals surface area contributed by atoms with Crippen molar-refractivity contribution >= 4 is 58.8 Å². The van der Waals surface area contributed by atoms with Gasteiger partial charge in [-0.15, -0.1) is 29.0 Å². The van der Waals surface area contributed by atoms with Gasteiger partial charge in [-0.2, -0.15) is 3.69 Å². The Bertz CT molecular complexity index is 393. The molecule has 2 aromatic rings. The molecule has 64 valence electrons. The number of benzene rings is 2. The zero-order chi connectivity index (χ0) is 8.39. The molecule has 0 aliphatic heterocycles. The van der Waals surface area contributed by atoms with Gasteiger partial charge in [0.25, 0.3) is 0 Å². The third kappa shape index (κ3) is 2.36. The molecule has 0 atom stereocenters. The highest BCUT2D eigenvalue weighted by atomic mass is 127. The second-order valence-electron chi connectivity index (χ2n) is 2.99. The van der Waals surface area contributed by atoms with E-state index in [1.54, 1.807) is 3.69 Å². The van der Waals surface area contributed by atoms with Crippen molar-refractivity contribution in [3.63, 3.8) is 0 Å². The van der Waals surface area contributed by atoms with Crippen molar-refractivity contribution in [2.75, 3.05) is 0 Å². The fraction of sp³-hybridized carbons (Fsp3) is 0.0909. The van der Waals surface area contributed by atoms with Crippen LogP contribution in [0.5, 0.6) is 0 Å². The quantitative estimate of drug-likeness (QED) is 0.560. The van der Waals surface area contributed by atoms with Crippen molar-refractivity contribution in [1.82, 2.24) is 0 Å². The van der Waals surface area contributed by atoms with Crippen LogP contribution in [0.2, 0.25) is 5.05 Å². The van der Waals surface area contributed by atoms with Crippen LogP contribution < -0.4 is 3.69 Å². The zero-order valence-electron chi connectivity index (χ0n) is 7.66. The fourth-order valence-electron chi connectivity index (χ4n) is 1.60. The summed E-state index contributed by atoms with van der Waals surface area (Å²) in [5, 5.41) is 5.17. The fourth-order valence-corrected chi connectivity index (χ4v) is 2.68. The first kappa shape index (κ1) is 11.3. The lowest BCUT2D eigenvalue weighted by Crippen LogP contribution is -2.10. The van der Waals surface area contributed by atoms with E-state index in [0.29, 0.717) is 0 Å². The third-order valence-electron chi connectivity index (χ3n) is 2.26. The van der Waals surface area contributed by atoms with Crippen LogP contribution in [0.25, 0.3) is 10.8 Å². The molecule has 0 aromatic heterocycles. The molecule has 2 heteroatoms. The molecule has 13 heavy (non-hydrogen) atoms. The summed E-state index contributed by atoms with van der Waals surface area (Å²) in [6, 6.07) is 15.2. The zero-order valence-corrected chi connectivity index (χ0v) is 11.4. The predicted molar refractivity (Wildman–Crippen MR) is 70.6 cm³/mol. The van der Waals surface area contributed by atoms with Crippen LogP contribution in [0.4, 0.5) is 0 Å². The molecule has 2 aromatic carbocycles. The summed E-state index contributed by atoms with van der Waals surface area (Å²) in [6.07, 6.45) is 0. The Kier molecular flexibility index (Phi) is 4.48. The van der Waals surface area contributed by atoms with Crippen LogP contribution in [0, 0.1) is 0 Å². The average molecular weight is 294 g/mol. The van der Waals surface area contributed by atoms with Gasteiger partial charge in [-0.3, -0.25) is 0 Å². The summed E-state index contributed by atoms with van der Waals surface area (Å²) in [7, 11) is 0. The second kappa shape index (κ2) is 5.17. The van der Waals surface area contributed by atoms with Crippen LogP contribution in [-0.4, -0.2) is 20.4 Å². The van der Waals surface area contributed by atoms with E-state index in [9.17, 15) is 0 Å². The van der Waals surface area contributed by atoms with E-state index in [1.807, 2.05) is 0 Å². The average Bonchev–Trinajstić information content (AvgIpc) is 2.17. The smallest absolute Gasteiger partial charge is 0.167 e. The molecule has 0 saturated carbocycles. The van der Waals surface area contributed by atoms with E-state index < -0.39 is 0 Å². The Balaban J connectivity index is 0.000000845. The van der Waals surface area contributed by atoms with E-state index >= 15 is 0 Å². The maximum atomic E-state index is 2.34. The van der Waals surface area contributed by atoms with Gasteiger partial charge in [0, 0.05) is 0 Å². The molecule has 0 unspecified atom stereocenters. The summed E-state index contributed by atoms with van der Waals surface area (Å²) < 4.78 is 1.58. The third-order valence-corrected chi connectivity index (χ3v) is 3.64. The highest BCUT2D eigenvalue weighted by Gasteiger charge is 1.97. The van der Waals surface area contributed by atoms with Crippen molar-refractivity contribution in [2.24, 2.45) is 0 Å². The first-order chi connectivity index (χ1) is 5.92. The molecule has 0 heterocycles. The molecule has 0 fully saturated rings. The largest absolute Gasteiger partial charge is 0.405 e. The molecule has 0 amide bonds. The van der Waals surface area contributed by atoms with Crippen molar-refractivity contribution in [3.05, 3.63) is 42.5 Å². The minimum absolute atomic E-state index is 0. The first-order valence-corrected chi connectivity index (χ1v) is 6.50. The monoisotopic (exact) mass is 294 g/mol. The van der Waals surface area contributed by atoms with Gasteiger partial charge in [0.1, 0.15) is 0 Å². The molecule has 0 saturated heterocycles. The topological polar surface area (TPSA) is 0 Å². The van der Waals surface area contributed by atoms with E-state index in [4.69, 9.17) is 0 Å². The lowest BCUT2D eigenvalue weighted by Gasteiger charge is -2.02. The van der Waals surface area contributed by atoms with Gasteiger partial charge in [0.05, 0.1) is 0 Å². The standard InChI is InChI=1S/C10H7.CH3.HI.Mg/c1-2-6-10-8-4-3-7-9(10)5-1;;;/h1-7H;1H3;1H;. The molecule has 0 aliphatic carbocycles. The van der Waals surface area contributed by atoms with Gasteiger partial charge < -0.3 is 0 Å². The van der Waals surface area contributed by atoms with Gasteiger partial charge in [0.2, 0.25) is 0 Å². The van der Waals surface area contributed by atoms with E-state index in [2.05, 4.69) is 47.5 Å². The first-order valence-electron chi connectivity index (χ1n) is 4.38. The number of rotatable bonds is 1. The van der Waals surface area contributed by atoms with Crippen molar-refractivity contribution < 1.29 is 0 Å². The lowest BCUT2D eigenvalue weighted by molar-refractivity contribution is 1.78. The Morgan fingerprint density at radius 2 is 1.62 bits per heavy atom. The van der Waals surface area contributed by atoms with Gasteiger partial charge in [-0.1, -0.05) is 42.5 Å². The Morgan fingerprint density at radius 1 is 0.923 bits per heavy atom. The molecular weight excluding hydrogens is 283 g/mol. The second-order valence-corrected chi connectivity index (χ2v) is 4.46. The lowest BCUT2D eigenvalue weighted by atomic mass is 10.1. The SMILES string of the molecule is I.[CH3][Mg][c]1cccc2ccccc12. The summed E-state index contributed by atoms with van der Waals surface area (Å²) >= 11 is -0.0306. The van der Waals surface area contributed by atoms with Crippen LogP contribution >= 0.6 is 24.0 Å². The number of hydrogen-bond donors (Lipinski definition) is 0. The maximum Gasteiger partial charge on any atom is 0.405 e. The highest BCUT2D eigenvalue weighted by molar-refractivity contribution is 14.0. The van der Waals surface area contributed by atoms with Crippen molar-refractivity contribution in [3.8, 4) is 0 Å². The van der Waals surface area contributed by atoms with Crippen molar-refractivity contribution in [2.45, 2.75) is 5.05 Å². The van der Waals surface area contributed by atoms with Crippen LogP contribution in [0.1, 0.15) is 0 Å². The Labute approximate surface area is 105 Å². The molecule has 0 radical (unpaired) electrons. The molecule has 0 bridgehead atoms. The number of hydrogen-bond acceptors (Lipinski definition) is 0. The minimum atomic E-state index is -0.0306. The molecule has 0 spiro atoms. The van der Waals surface area contributed by atoms with Crippen LogP contribution in [-0.2, 0) is 0 Å². The van der Waals surface area contributed by atoms with E-state index in [1.165, 1.54) is 10.8 Å². The highest BCUT2D eigenvalue weighted by Crippen LogP contribution is 2.09. The molecular formula is C11H11IMg. The Morgan fingerprint density at radius 3 is 2.38 bits per heavy atom. The van der Waals surface area contributed by atoms with E-state index in [-0.39, 0.29) is 44.3 Å². The van der Waals surface area contributed by atoms with E-state index in [0.717, 1.165) is 0 Å². The summed E-state index contributed by atoms with van der Waals surface area (Å²) in [5.74, 6) is 0. The summed E-state index contributed by atoms with van der Waals surface area (Å²) in [5.41, 5.74) is 0. The van der Waals surface area contributed by atoms with Gasteiger partial charge >= 0.3 is 20.4 Å². The van der Waals surface area contributed by atoms with Gasteiger partial charge in [0.15, 0.2) is 0 Å². The van der Waals surface area contributed by atoms with Gasteiger partial charge in [-0.05, 0) is 10.8 Å². The van der Waals surface area contributed by atoms with Crippen LogP contribution in [0.3, 0.4) is 0 Å². The predicted octanol–water partition coefficient (Wildman–Crippen LogP) is 2.84. The normalized spacial score (nSPS) is 9.00. The summed E-state index contributed by atoms with van der Waals surface area (Å²) in [4.78, 5) is 0.